The Labute approximate surface area is 99.0 Å². The molecular weight excluding hydrogens is 196 g/mol. The molecule has 0 aliphatic heterocycles. The maximum absolute atomic E-state index is 3.66. The van der Waals surface area contributed by atoms with Gasteiger partial charge in [-0.3, -0.25) is 0 Å². The van der Waals surface area contributed by atoms with E-state index < -0.39 is 0 Å². The highest BCUT2D eigenvalue weighted by molar-refractivity contribution is 5.10. The Morgan fingerprint density at radius 2 is 2.19 bits per heavy atom. The van der Waals surface area contributed by atoms with Crippen LogP contribution in [-0.2, 0) is 13.1 Å². The number of nitrogens with one attached hydrogen (secondary N) is 1. The highest BCUT2D eigenvalue weighted by atomic mass is 14.9. The van der Waals surface area contributed by atoms with Crippen LogP contribution in [0.25, 0.3) is 0 Å². The highest BCUT2D eigenvalue weighted by Crippen LogP contribution is 2.27. The standard InChI is InChI=1S/C14H24N2/c1-3-16-9-8-13(11-16)10-15-12(2)14-6-4-5-7-14/h8-9,11-12,14-15H,3-7,10H2,1-2H3/t12-/m1/s1. The second kappa shape index (κ2) is 5.53. The fraction of sp³-hybridized carbons (Fsp3) is 0.714. The maximum atomic E-state index is 3.66. The first kappa shape index (κ1) is 11.7. The molecule has 2 heteroatoms. The second-order valence-electron chi connectivity index (χ2n) is 5.06. The largest absolute Gasteiger partial charge is 0.354 e. The van der Waals surface area contributed by atoms with Crippen LogP contribution in [0, 0.1) is 5.92 Å². The van der Waals surface area contributed by atoms with Crippen molar-refractivity contribution in [2.45, 2.75) is 58.7 Å². The predicted octanol–water partition coefficient (Wildman–Crippen LogP) is 3.18. The highest BCUT2D eigenvalue weighted by Gasteiger charge is 2.20. The van der Waals surface area contributed by atoms with Crippen LogP contribution in [0.2, 0.25) is 0 Å². The van der Waals surface area contributed by atoms with Crippen molar-refractivity contribution in [2.75, 3.05) is 0 Å². The summed E-state index contributed by atoms with van der Waals surface area (Å²) in [6.45, 7) is 6.61. The lowest BCUT2D eigenvalue weighted by molar-refractivity contribution is 0.380. The monoisotopic (exact) mass is 220 g/mol. The van der Waals surface area contributed by atoms with Crippen molar-refractivity contribution in [3.8, 4) is 0 Å². The molecule has 0 aromatic carbocycles. The third kappa shape index (κ3) is 2.88. The van der Waals surface area contributed by atoms with Crippen LogP contribution in [0.4, 0.5) is 0 Å². The molecule has 2 nitrogen and oxygen atoms in total. The molecule has 0 amide bonds. The summed E-state index contributed by atoms with van der Waals surface area (Å²) in [6.07, 6.45) is 10.1. The van der Waals surface area contributed by atoms with Gasteiger partial charge in [0.05, 0.1) is 0 Å². The Balaban J connectivity index is 1.77. The van der Waals surface area contributed by atoms with Gasteiger partial charge in [-0.15, -0.1) is 0 Å². The molecule has 1 heterocycles. The molecule has 0 bridgehead atoms. The van der Waals surface area contributed by atoms with Crippen molar-refractivity contribution in [3.05, 3.63) is 24.0 Å². The maximum Gasteiger partial charge on any atom is 0.0223 e. The van der Waals surface area contributed by atoms with Gasteiger partial charge in [-0.1, -0.05) is 12.8 Å². The summed E-state index contributed by atoms with van der Waals surface area (Å²) in [6, 6.07) is 2.89. The normalized spacial score (nSPS) is 19.1. The van der Waals surface area contributed by atoms with Gasteiger partial charge in [0.2, 0.25) is 0 Å². The van der Waals surface area contributed by atoms with Gasteiger partial charge in [-0.05, 0) is 44.2 Å². The van der Waals surface area contributed by atoms with Crippen LogP contribution >= 0.6 is 0 Å². The van der Waals surface area contributed by atoms with Crippen LogP contribution < -0.4 is 5.32 Å². The molecule has 0 radical (unpaired) electrons. The lowest BCUT2D eigenvalue weighted by Crippen LogP contribution is -2.31. The summed E-state index contributed by atoms with van der Waals surface area (Å²) < 4.78 is 2.23. The molecule has 1 N–H and O–H groups in total. The molecule has 1 saturated carbocycles. The van der Waals surface area contributed by atoms with E-state index in [1.54, 1.807) is 0 Å². The summed E-state index contributed by atoms with van der Waals surface area (Å²) in [5.41, 5.74) is 1.41. The Morgan fingerprint density at radius 1 is 1.44 bits per heavy atom. The fourth-order valence-corrected chi connectivity index (χ4v) is 2.69. The molecule has 2 rings (SSSR count). The van der Waals surface area contributed by atoms with Crippen molar-refractivity contribution in [1.82, 2.24) is 9.88 Å². The first-order valence-electron chi connectivity index (χ1n) is 6.67. The first-order valence-corrected chi connectivity index (χ1v) is 6.67. The van der Waals surface area contributed by atoms with Crippen molar-refractivity contribution in [2.24, 2.45) is 5.92 Å². The van der Waals surface area contributed by atoms with Gasteiger partial charge >= 0.3 is 0 Å². The van der Waals surface area contributed by atoms with Crippen molar-refractivity contribution in [3.63, 3.8) is 0 Å². The summed E-state index contributed by atoms with van der Waals surface area (Å²) >= 11 is 0. The van der Waals surface area contributed by atoms with E-state index in [9.17, 15) is 0 Å². The summed E-state index contributed by atoms with van der Waals surface area (Å²) in [7, 11) is 0. The second-order valence-corrected chi connectivity index (χ2v) is 5.06. The molecule has 1 fully saturated rings. The Kier molecular flexibility index (Phi) is 4.05. The number of aromatic nitrogens is 1. The zero-order valence-electron chi connectivity index (χ0n) is 10.6. The molecule has 1 atom stereocenters. The molecule has 90 valence electrons. The molecule has 0 spiro atoms. The first-order chi connectivity index (χ1) is 7.79. The predicted molar refractivity (Wildman–Crippen MR) is 68.4 cm³/mol. The quantitative estimate of drug-likeness (QED) is 0.806. The summed E-state index contributed by atoms with van der Waals surface area (Å²) in [5, 5.41) is 3.66. The Bertz CT molecular complexity index is 310. The van der Waals surface area contributed by atoms with E-state index in [2.05, 4.69) is 42.2 Å². The van der Waals surface area contributed by atoms with Crippen LogP contribution in [0.3, 0.4) is 0 Å². The number of nitrogens with zero attached hydrogens (tertiary/aromatic N) is 1. The van der Waals surface area contributed by atoms with Crippen molar-refractivity contribution in [1.29, 1.82) is 0 Å². The molecule has 1 aliphatic rings. The van der Waals surface area contributed by atoms with Gasteiger partial charge in [0.15, 0.2) is 0 Å². The van der Waals surface area contributed by atoms with E-state index in [1.807, 2.05) is 0 Å². The summed E-state index contributed by atoms with van der Waals surface area (Å²) in [4.78, 5) is 0. The zero-order valence-corrected chi connectivity index (χ0v) is 10.6. The molecule has 1 aliphatic carbocycles. The minimum atomic E-state index is 0.674. The third-order valence-corrected chi connectivity index (χ3v) is 3.91. The van der Waals surface area contributed by atoms with E-state index >= 15 is 0 Å². The van der Waals surface area contributed by atoms with E-state index in [4.69, 9.17) is 0 Å². The molecule has 0 saturated heterocycles. The van der Waals surface area contributed by atoms with Gasteiger partial charge in [0.25, 0.3) is 0 Å². The minimum Gasteiger partial charge on any atom is -0.354 e. The van der Waals surface area contributed by atoms with Crippen LogP contribution in [0.1, 0.15) is 45.1 Å². The van der Waals surface area contributed by atoms with Gasteiger partial charge < -0.3 is 9.88 Å². The number of hydrogen-bond acceptors (Lipinski definition) is 1. The number of hydrogen-bond donors (Lipinski definition) is 1. The average Bonchev–Trinajstić information content (AvgIpc) is 2.96. The van der Waals surface area contributed by atoms with Crippen molar-refractivity contribution >= 4 is 0 Å². The molecular formula is C14H24N2. The minimum absolute atomic E-state index is 0.674. The van der Waals surface area contributed by atoms with Gasteiger partial charge in [0, 0.05) is 31.5 Å². The lowest BCUT2D eigenvalue weighted by atomic mass is 10.00. The summed E-state index contributed by atoms with van der Waals surface area (Å²) in [5.74, 6) is 0.910. The molecule has 0 unspecified atom stereocenters. The van der Waals surface area contributed by atoms with E-state index in [0.717, 1.165) is 19.0 Å². The molecule has 1 aromatic rings. The smallest absolute Gasteiger partial charge is 0.0223 e. The van der Waals surface area contributed by atoms with Crippen molar-refractivity contribution < 1.29 is 0 Å². The van der Waals surface area contributed by atoms with Gasteiger partial charge in [0.1, 0.15) is 0 Å². The fourth-order valence-electron chi connectivity index (χ4n) is 2.69. The van der Waals surface area contributed by atoms with Crippen LogP contribution in [0.5, 0.6) is 0 Å². The molecule has 1 aromatic heterocycles. The Hall–Kier alpha value is -0.760. The van der Waals surface area contributed by atoms with Crippen LogP contribution in [0.15, 0.2) is 18.5 Å². The number of aryl methyl sites for hydroxylation is 1. The Morgan fingerprint density at radius 3 is 2.81 bits per heavy atom. The van der Waals surface area contributed by atoms with E-state index in [1.165, 1.54) is 31.2 Å². The number of rotatable bonds is 5. The van der Waals surface area contributed by atoms with E-state index in [-0.39, 0.29) is 0 Å². The zero-order chi connectivity index (χ0) is 11.4. The van der Waals surface area contributed by atoms with Gasteiger partial charge in [-0.2, -0.15) is 0 Å². The van der Waals surface area contributed by atoms with Gasteiger partial charge in [-0.25, -0.2) is 0 Å². The topological polar surface area (TPSA) is 17.0 Å². The van der Waals surface area contributed by atoms with E-state index in [0.29, 0.717) is 6.04 Å². The lowest BCUT2D eigenvalue weighted by Gasteiger charge is -2.20. The SMILES string of the molecule is CCn1ccc(CN[C@H](C)C2CCCC2)c1. The molecule has 16 heavy (non-hydrogen) atoms. The third-order valence-electron chi connectivity index (χ3n) is 3.91. The van der Waals surface area contributed by atoms with Crippen LogP contribution in [-0.4, -0.2) is 10.6 Å². The average molecular weight is 220 g/mol.